The third kappa shape index (κ3) is 7.52. The molecule has 3 aromatic rings. The van der Waals surface area contributed by atoms with Gasteiger partial charge in [-0.1, -0.05) is 18.2 Å². The molecule has 0 aliphatic carbocycles. The lowest BCUT2D eigenvalue weighted by Gasteiger charge is -2.13. The van der Waals surface area contributed by atoms with Crippen molar-refractivity contribution in [3.63, 3.8) is 0 Å². The van der Waals surface area contributed by atoms with Crippen molar-refractivity contribution >= 4 is 40.5 Å². The number of nitrogens with one attached hydrogen (secondary N) is 3. The van der Waals surface area contributed by atoms with Crippen LogP contribution in [0, 0.1) is 0 Å². The van der Waals surface area contributed by atoms with Crippen LogP contribution in [-0.4, -0.2) is 37.3 Å². The van der Waals surface area contributed by atoms with Crippen LogP contribution in [0.5, 0.6) is 5.75 Å². The second-order valence-corrected chi connectivity index (χ2v) is 7.76. The van der Waals surface area contributed by atoms with Crippen LogP contribution < -0.4 is 20.7 Å². The first-order valence-electron chi connectivity index (χ1n) is 10.6. The molecule has 36 heavy (non-hydrogen) atoms. The lowest BCUT2D eigenvalue weighted by Crippen LogP contribution is -2.34. The number of carbonyl (C=O) groups excluding carboxylic acids is 2. The topological polar surface area (TPSA) is 88.7 Å². The summed E-state index contributed by atoms with van der Waals surface area (Å²) >= 11 is 5.20. The Balaban J connectivity index is 1.58. The molecule has 3 N–H and O–H groups in total. The van der Waals surface area contributed by atoms with Crippen molar-refractivity contribution in [1.82, 2.24) is 5.32 Å². The van der Waals surface area contributed by atoms with Crippen LogP contribution >= 0.6 is 12.2 Å². The van der Waals surface area contributed by atoms with E-state index in [-0.39, 0.29) is 23.0 Å². The van der Waals surface area contributed by atoms with E-state index in [1.165, 1.54) is 24.3 Å². The monoisotopic (exact) mass is 517 g/mol. The van der Waals surface area contributed by atoms with E-state index < -0.39 is 23.6 Å². The van der Waals surface area contributed by atoms with Gasteiger partial charge in [0.15, 0.2) is 5.11 Å². The van der Waals surface area contributed by atoms with Gasteiger partial charge in [0.05, 0.1) is 17.7 Å². The normalized spacial score (nSPS) is 10.9. The van der Waals surface area contributed by atoms with E-state index in [9.17, 15) is 22.8 Å². The fourth-order valence-electron chi connectivity index (χ4n) is 3.03. The van der Waals surface area contributed by atoms with E-state index in [0.717, 1.165) is 12.1 Å². The second kappa shape index (κ2) is 12.1. The third-order valence-electron chi connectivity index (χ3n) is 4.76. The molecule has 0 radical (unpaired) electrons. The standard InChI is InChI=1S/C25H22F3N3O4S/c1-34-13-14-35-21-8-3-2-7-20(21)23(33)31-24(36)30-18-11-9-16(10-12-18)22(32)29-19-6-4-5-17(15-19)25(26,27)28/h2-12,15H,13-14H2,1H3,(H,29,32)(H2,30,31,33,36). The summed E-state index contributed by atoms with van der Waals surface area (Å²) in [6, 6.07) is 17.1. The summed E-state index contributed by atoms with van der Waals surface area (Å²) < 4.78 is 49.1. The van der Waals surface area contributed by atoms with Gasteiger partial charge in [0.2, 0.25) is 0 Å². The quantitative estimate of drug-likeness (QED) is 0.284. The smallest absolute Gasteiger partial charge is 0.416 e. The van der Waals surface area contributed by atoms with E-state index in [0.29, 0.717) is 23.6 Å². The Morgan fingerprint density at radius 3 is 2.28 bits per heavy atom. The molecule has 0 aromatic heterocycles. The van der Waals surface area contributed by atoms with Crippen LogP contribution in [0.15, 0.2) is 72.8 Å². The average molecular weight is 518 g/mol. The minimum absolute atomic E-state index is 0.0207. The molecule has 0 atom stereocenters. The van der Waals surface area contributed by atoms with Crippen molar-refractivity contribution in [2.24, 2.45) is 0 Å². The molecule has 0 saturated carbocycles. The number of hydrogen-bond acceptors (Lipinski definition) is 5. The second-order valence-electron chi connectivity index (χ2n) is 7.36. The van der Waals surface area contributed by atoms with Crippen molar-refractivity contribution in [1.29, 1.82) is 0 Å². The number of benzene rings is 3. The summed E-state index contributed by atoms with van der Waals surface area (Å²) in [5, 5.41) is 7.86. The highest BCUT2D eigenvalue weighted by Gasteiger charge is 2.30. The molecule has 0 aliphatic heterocycles. The van der Waals surface area contributed by atoms with Gasteiger partial charge in [-0.2, -0.15) is 13.2 Å². The van der Waals surface area contributed by atoms with Gasteiger partial charge in [-0.3, -0.25) is 14.9 Å². The summed E-state index contributed by atoms with van der Waals surface area (Å²) in [4.78, 5) is 25.1. The molecule has 0 aliphatic rings. The maximum absolute atomic E-state index is 12.9. The number of ether oxygens (including phenoxy) is 2. The molecule has 0 spiro atoms. The third-order valence-corrected chi connectivity index (χ3v) is 4.96. The number of methoxy groups -OCH3 is 1. The Hall–Kier alpha value is -3.96. The van der Waals surface area contributed by atoms with Gasteiger partial charge in [-0.15, -0.1) is 0 Å². The molecule has 2 amide bonds. The molecular weight excluding hydrogens is 495 g/mol. The van der Waals surface area contributed by atoms with Crippen LogP contribution in [0.1, 0.15) is 26.3 Å². The van der Waals surface area contributed by atoms with Gasteiger partial charge >= 0.3 is 6.18 Å². The molecule has 0 heterocycles. The van der Waals surface area contributed by atoms with Crippen molar-refractivity contribution in [3.8, 4) is 5.75 Å². The predicted octanol–water partition coefficient (Wildman–Crippen LogP) is 5.11. The molecule has 188 valence electrons. The molecule has 11 heteroatoms. The number of rotatable bonds is 8. The average Bonchev–Trinajstić information content (AvgIpc) is 2.84. The molecule has 0 unspecified atom stereocenters. The van der Waals surface area contributed by atoms with E-state index in [4.69, 9.17) is 21.7 Å². The number of carbonyl (C=O) groups is 2. The Bertz CT molecular complexity index is 1230. The Morgan fingerprint density at radius 2 is 1.58 bits per heavy atom. The highest BCUT2D eigenvalue weighted by molar-refractivity contribution is 7.80. The maximum atomic E-state index is 12.9. The van der Waals surface area contributed by atoms with Crippen LogP contribution in [0.4, 0.5) is 24.5 Å². The van der Waals surface area contributed by atoms with Crippen LogP contribution in [0.2, 0.25) is 0 Å². The number of hydrogen-bond donors (Lipinski definition) is 3. The molecule has 0 saturated heterocycles. The van der Waals surface area contributed by atoms with Crippen molar-refractivity contribution in [2.45, 2.75) is 6.18 Å². The SMILES string of the molecule is COCCOc1ccccc1C(=O)NC(=S)Nc1ccc(C(=O)Nc2cccc(C(F)(F)F)c2)cc1. The lowest BCUT2D eigenvalue weighted by molar-refractivity contribution is -0.137. The van der Waals surface area contributed by atoms with Crippen molar-refractivity contribution in [3.05, 3.63) is 89.5 Å². The molecular formula is C25H22F3N3O4S. The zero-order chi connectivity index (χ0) is 26.1. The molecule has 0 bridgehead atoms. The largest absolute Gasteiger partial charge is 0.490 e. The Morgan fingerprint density at radius 1 is 0.861 bits per heavy atom. The highest BCUT2D eigenvalue weighted by Crippen LogP contribution is 2.30. The van der Waals surface area contributed by atoms with E-state index in [1.807, 2.05) is 0 Å². The van der Waals surface area contributed by atoms with Crippen molar-refractivity contribution in [2.75, 3.05) is 31.0 Å². The van der Waals surface area contributed by atoms with Gasteiger partial charge < -0.3 is 20.1 Å². The van der Waals surface area contributed by atoms with Crippen LogP contribution in [0.25, 0.3) is 0 Å². The maximum Gasteiger partial charge on any atom is 0.416 e. The highest BCUT2D eigenvalue weighted by atomic mass is 32.1. The number of halogens is 3. The number of para-hydroxylation sites is 1. The zero-order valence-corrected chi connectivity index (χ0v) is 19.8. The Labute approximate surface area is 210 Å². The van der Waals surface area contributed by atoms with Crippen LogP contribution in [-0.2, 0) is 10.9 Å². The molecule has 3 aromatic carbocycles. The van der Waals surface area contributed by atoms with E-state index in [1.54, 1.807) is 43.5 Å². The molecule has 0 fully saturated rings. The van der Waals surface area contributed by atoms with E-state index >= 15 is 0 Å². The van der Waals surface area contributed by atoms with Crippen LogP contribution in [0.3, 0.4) is 0 Å². The summed E-state index contributed by atoms with van der Waals surface area (Å²) in [5.41, 5.74) is 0.155. The zero-order valence-electron chi connectivity index (χ0n) is 19.0. The minimum Gasteiger partial charge on any atom is -0.490 e. The van der Waals surface area contributed by atoms with Crippen molar-refractivity contribution < 1.29 is 32.2 Å². The lowest BCUT2D eigenvalue weighted by atomic mass is 10.1. The summed E-state index contributed by atoms with van der Waals surface area (Å²) in [6.45, 7) is 0.640. The van der Waals surface area contributed by atoms with Gasteiger partial charge in [-0.05, 0) is 66.8 Å². The first-order chi connectivity index (χ1) is 17.2. The van der Waals surface area contributed by atoms with E-state index in [2.05, 4.69) is 16.0 Å². The summed E-state index contributed by atoms with van der Waals surface area (Å²) in [7, 11) is 1.54. The van der Waals surface area contributed by atoms with Gasteiger partial charge in [0.25, 0.3) is 11.8 Å². The first-order valence-corrected chi connectivity index (χ1v) is 11.0. The van der Waals surface area contributed by atoms with Gasteiger partial charge in [0, 0.05) is 24.0 Å². The van der Waals surface area contributed by atoms with Gasteiger partial charge in [-0.25, -0.2) is 0 Å². The number of alkyl halides is 3. The predicted molar refractivity (Wildman–Crippen MR) is 133 cm³/mol. The molecule has 3 rings (SSSR count). The fraction of sp³-hybridized carbons (Fsp3) is 0.160. The number of amides is 2. The van der Waals surface area contributed by atoms with Gasteiger partial charge in [0.1, 0.15) is 12.4 Å². The summed E-state index contributed by atoms with van der Waals surface area (Å²) in [5.74, 6) is -0.676. The Kier molecular flexibility index (Phi) is 8.98. The number of thiocarbonyl (C=S) groups is 1. The molecule has 7 nitrogen and oxygen atoms in total. The minimum atomic E-state index is -4.51. The first kappa shape index (κ1) is 26.6. The fourth-order valence-corrected chi connectivity index (χ4v) is 3.24. The number of anilines is 2. The summed E-state index contributed by atoms with van der Waals surface area (Å²) in [6.07, 6.45) is -4.51.